The van der Waals surface area contributed by atoms with Gasteiger partial charge in [0.15, 0.2) is 6.61 Å². The summed E-state index contributed by atoms with van der Waals surface area (Å²) in [6.07, 6.45) is 5.35. The molecule has 0 unspecified atom stereocenters. The lowest BCUT2D eigenvalue weighted by Crippen LogP contribution is -2.20. The average Bonchev–Trinajstić information content (AvgIpc) is 3.45. The van der Waals surface area contributed by atoms with Crippen LogP contribution in [0, 0.1) is 30.9 Å². The fourth-order valence-electron chi connectivity index (χ4n) is 3.25. The topological polar surface area (TPSA) is 103 Å². The number of carbonyl (C=O) groups is 2. The molecule has 3 rings (SSSR count). The maximum Gasteiger partial charge on any atom is 0.331 e. The van der Waals surface area contributed by atoms with Gasteiger partial charge in [-0.3, -0.25) is 14.9 Å². The molecule has 1 fully saturated rings. The summed E-state index contributed by atoms with van der Waals surface area (Å²) in [5.74, 6) is -1.20. The van der Waals surface area contributed by atoms with Gasteiger partial charge in [-0.2, -0.15) is 0 Å². The summed E-state index contributed by atoms with van der Waals surface area (Å²) < 4.78 is 7.25. The van der Waals surface area contributed by atoms with E-state index in [4.69, 9.17) is 4.74 Å². The summed E-state index contributed by atoms with van der Waals surface area (Å²) in [5.41, 5.74) is 4.06. The Morgan fingerprint density at radius 3 is 2.66 bits per heavy atom. The Kier molecular flexibility index (Phi) is 5.81. The number of aromatic nitrogens is 1. The van der Waals surface area contributed by atoms with Crippen molar-refractivity contribution in [2.45, 2.75) is 39.7 Å². The van der Waals surface area contributed by atoms with Crippen LogP contribution in [0.25, 0.3) is 6.08 Å². The molecule has 1 aliphatic rings. The van der Waals surface area contributed by atoms with E-state index in [-0.39, 0.29) is 5.69 Å². The monoisotopic (exact) mass is 397 g/mol. The normalized spacial score (nSPS) is 13.5. The second kappa shape index (κ2) is 8.30. The Morgan fingerprint density at radius 2 is 2.00 bits per heavy atom. The highest BCUT2D eigenvalue weighted by Crippen LogP contribution is 2.38. The van der Waals surface area contributed by atoms with Gasteiger partial charge >= 0.3 is 5.97 Å². The van der Waals surface area contributed by atoms with E-state index in [1.165, 1.54) is 31.1 Å². The first kappa shape index (κ1) is 20.3. The number of nitro groups is 1. The van der Waals surface area contributed by atoms with Crippen molar-refractivity contribution in [3.63, 3.8) is 0 Å². The maximum absolute atomic E-state index is 12.0. The van der Waals surface area contributed by atoms with Gasteiger partial charge < -0.3 is 14.6 Å². The number of nitrogens with one attached hydrogen (secondary N) is 1. The zero-order valence-corrected chi connectivity index (χ0v) is 16.6. The molecule has 8 heteroatoms. The molecule has 1 aliphatic carbocycles. The van der Waals surface area contributed by atoms with Crippen molar-refractivity contribution in [2.24, 2.45) is 0 Å². The lowest BCUT2D eigenvalue weighted by molar-refractivity contribution is -0.384. The van der Waals surface area contributed by atoms with E-state index in [0.717, 1.165) is 17.0 Å². The van der Waals surface area contributed by atoms with E-state index < -0.39 is 23.4 Å². The van der Waals surface area contributed by atoms with Gasteiger partial charge in [0, 0.05) is 35.6 Å². The van der Waals surface area contributed by atoms with Crippen molar-refractivity contribution in [3.8, 4) is 0 Å². The summed E-state index contributed by atoms with van der Waals surface area (Å²) in [6.45, 7) is 5.30. The lowest BCUT2D eigenvalue weighted by Gasteiger charge is -2.08. The van der Waals surface area contributed by atoms with Gasteiger partial charge in [0.1, 0.15) is 0 Å². The van der Waals surface area contributed by atoms with Crippen LogP contribution in [0.2, 0.25) is 0 Å². The second-order valence-corrected chi connectivity index (χ2v) is 7.17. The number of esters is 1. The molecule has 1 heterocycles. The van der Waals surface area contributed by atoms with Crippen LogP contribution in [0.1, 0.15) is 41.4 Å². The lowest BCUT2D eigenvalue weighted by atomic mass is 10.2. The quantitative estimate of drug-likeness (QED) is 0.331. The molecule has 1 aromatic carbocycles. The van der Waals surface area contributed by atoms with E-state index in [9.17, 15) is 19.7 Å². The molecule has 0 bridgehead atoms. The minimum Gasteiger partial charge on any atom is -0.452 e. The van der Waals surface area contributed by atoms with Crippen molar-refractivity contribution in [3.05, 3.63) is 63.0 Å². The molecule has 0 aliphatic heterocycles. The first-order valence-corrected chi connectivity index (χ1v) is 9.34. The number of nitro benzene ring substituents is 1. The molecule has 29 heavy (non-hydrogen) atoms. The SMILES string of the molecule is Cc1ccc([N+](=O)[O-])cc1NC(=O)COC(=O)/C=C/c1cc(C)n(C2CC2)c1C. The van der Waals surface area contributed by atoms with E-state index in [2.05, 4.69) is 9.88 Å². The predicted octanol–water partition coefficient (Wildman–Crippen LogP) is 3.85. The van der Waals surface area contributed by atoms with Crippen LogP contribution in [0.5, 0.6) is 0 Å². The number of aryl methyl sites for hydroxylation is 2. The second-order valence-electron chi connectivity index (χ2n) is 7.17. The van der Waals surface area contributed by atoms with Crippen LogP contribution in [0.15, 0.2) is 30.3 Å². The van der Waals surface area contributed by atoms with Gasteiger partial charge in [0.25, 0.3) is 11.6 Å². The van der Waals surface area contributed by atoms with Crippen LogP contribution in [0.3, 0.4) is 0 Å². The molecule has 1 aromatic heterocycles. The molecule has 0 spiro atoms. The first-order valence-electron chi connectivity index (χ1n) is 9.34. The van der Waals surface area contributed by atoms with E-state index in [1.54, 1.807) is 19.1 Å². The Labute approximate surface area is 168 Å². The van der Waals surface area contributed by atoms with Crippen molar-refractivity contribution in [2.75, 3.05) is 11.9 Å². The summed E-state index contributed by atoms with van der Waals surface area (Å²) in [5, 5.41) is 13.4. The fraction of sp³-hybridized carbons (Fsp3) is 0.333. The largest absolute Gasteiger partial charge is 0.452 e. The Bertz CT molecular complexity index is 1000. The first-order chi connectivity index (χ1) is 13.8. The van der Waals surface area contributed by atoms with Crippen molar-refractivity contribution in [1.82, 2.24) is 4.57 Å². The van der Waals surface area contributed by atoms with Gasteiger partial charge in [0.05, 0.1) is 10.6 Å². The molecular formula is C21H23N3O5. The highest BCUT2D eigenvalue weighted by Gasteiger charge is 2.26. The molecule has 0 atom stereocenters. The van der Waals surface area contributed by atoms with Crippen LogP contribution in [0.4, 0.5) is 11.4 Å². The number of anilines is 1. The number of rotatable bonds is 7. The van der Waals surface area contributed by atoms with Crippen LogP contribution < -0.4 is 5.32 Å². The molecule has 2 aromatic rings. The number of carbonyl (C=O) groups excluding carboxylic acids is 2. The number of amides is 1. The third kappa shape index (κ3) is 4.90. The Balaban J connectivity index is 1.55. The number of hydrogen-bond donors (Lipinski definition) is 1. The van der Waals surface area contributed by atoms with Crippen LogP contribution >= 0.6 is 0 Å². The van der Waals surface area contributed by atoms with E-state index in [1.807, 2.05) is 19.9 Å². The Hall–Kier alpha value is -3.42. The molecule has 152 valence electrons. The third-order valence-electron chi connectivity index (χ3n) is 4.89. The number of hydrogen-bond acceptors (Lipinski definition) is 5. The molecule has 1 saturated carbocycles. The minimum atomic E-state index is -0.632. The maximum atomic E-state index is 12.0. The van der Waals surface area contributed by atoms with Crippen molar-refractivity contribution in [1.29, 1.82) is 0 Å². The molecule has 0 saturated heterocycles. The molecule has 1 N–H and O–H groups in total. The number of ether oxygens (including phenoxy) is 1. The summed E-state index contributed by atoms with van der Waals surface area (Å²) in [4.78, 5) is 34.3. The van der Waals surface area contributed by atoms with Gasteiger partial charge in [-0.15, -0.1) is 0 Å². The van der Waals surface area contributed by atoms with E-state index >= 15 is 0 Å². The van der Waals surface area contributed by atoms with Gasteiger partial charge in [-0.05, 0) is 56.9 Å². The minimum absolute atomic E-state index is 0.130. The predicted molar refractivity (Wildman–Crippen MR) is 109 cm³/mol. The Morgan fingerprint density at radius 1 is 1.28 bits per heavy atom. The number of non-ortho nitro benzene ring substituents is 1. The highest BCUT2D eigenvalue weighted by atomic mass is 16.6. The molecule has 0 radical (unpaired) electrons. The van der Waals surface area contributed by atoms with Crippen molar-refractivity contribution >= 4 is 29.3 Å². The zero-order chi connectivity index (χ0) is 21.1. The van der Waals surface area contributed by atoms with Gasteiger partial charge in [-0.1, -0.05) is 6.07 Å². The summed E-state index contributed by atoms with van der Waals surface area (Å²) in [7, 11) is 0. The zero-order valence-electron chi connectivity index (χ0n) is 16.6. The van der Waals surface area contributed by atoms with Crippen LogP contribution in [-0.4, -0.2) is 28.0 Å². The smallest absolute Gasteiger partial charge is 0.331 e. The van der Waals surface area contributed by atoms with Gasteiger partial charge in [-0.25, -0.2) is 4.79 Å². The molecule has 1 amide bonds. The van der Waals surface area contributed by atoms with Crippen molar-refractivity contribution < 1.29 is 19.2 Å². The highest BCUT2D eigenvalue weighted by molar-refractivity contribution is 5.95. The number of benzene rings is 1. The third-order valence-corrected chi connectivity index (χ3v) is 4.89. The van der Waals surface area contributed by atoms with Gasteiger partial charge in [0.2, 0.25) is 0 Å². The summed E-state index contributed by atoms with van der Waals surface area (Å²) in [6, 6.07) is 6.75. The van der Waals surface area contributed by atoms with Crippen LogP contribution in [-0.2, 0) is 14.3 Å². The number of nitrogens with zero attached hydrogens (tertiary/aromatic N) is 2. The van der Waals surface area contributed by atoms with E-state index in [0.29, 0.717) is 17.3 Å². The molecule has 8 nitrogen and oxygen atoms in total. The fourth-order valence-corrected chi connectivity index (χ4v) is 3.25. The standard InChI is InChI=1S/C21H23N3O5/c1-13-4-6-18(24(27)28)11-19(13)22-20(25)12-29-21(26)9-5-16-10-14(2)23(15(16)3)17-7-8-17/h4-6,9-11,17H,7-8,12H2,1-3H3,(H,22,25)/b9-5+. The summed E-state index contributed by atoms with van der Waals surface area (Å²) >= 11 is 0. The average molecular weight is 397 g/mol. The molecular weight excluding hydrogens is 374 g/mol.